The van der Waals surface area contributed by atoms with E-state index >= 15 is 0 Å². The Hall–Kier alpha value is -0.690. The summed E-state index contributed by atoms with van der Waals surface area (Å²) < 4.78 is 0. The smallest absolute Gasteiger partial charge is 0.0312 e. The summed E-state index contributed by atoms with van der Waals surface area (Å²) in [6.07, 6.45) is 16.2. The van der Waals surface area contributed by atoms with E-state index < -0.39 is 0 Å². The predicted molar refractivity (Wildman–Crippen MR) is 69.9 cm³/mol. The third-order valence-electron chi connectivity index (χ3n) is 2.81. The monoisotopic (exact) mass is 218 g/mol. The molecule has 0 aromatic heterocycles. The summed E-state index contributed by atoms with van der Waals surface area (Å²) in [5, 5.41) is 0.637. The molecule has 0 amide bonds. The number of rotatable bonds is 2. The summed E-state index contributed by atoms with van der Waals surface area (Å²) in [5.74, 6) is 0.721. The van der Waals surface area contributed by atoms with E-state index in [1.807, 2.05) is 11.8 Å². The van der Waals surface area contributed by atoms with E-state index in [1.165, 1.54) is 23.3 Å². The van der Waals surface area contributed by atoms with Gasteiger partial charge in [-0.2, -0.15) is 0 Å². The summed E-state index contributed by atoms with van der Waals surface area (Å²) >= 11 is 1.99. The van der Waals surface area contributed by atoms with Gasteiger partial charge in [0.25, 0.3) is 0 Å². The maximum Gasteiger partial charge on any atom is 0.0312 e. The Morgan fingerprint density at radius 2 is 2.00 bits per heavy atom. The molecule has 15 heavy (non-hydrogen) atoms. The number of allylic oxidation sites excluding steroid dienone is 6. The second-order valence-electron chi connectivity index (χ2n) is 4.38. The molecule has 0 radical (unpaired) electrons. The fraction of sp³-hybridized carbons (Fsp3) is 0.429. The van der Waals surface area contributed by atoms with Crippen molar-refractivity contribution in [1.29, 1.82) is 0 Å². The van der Waals surface area contributed by atoms with Crippen molar-refractivity contribution in [3.8, 4) is 0 Å². The maximum absolute atomic E-state index is 2.37. The van der Waals surface area contributed by atoms with Gasteiger partial charge in [0, 0.05) is 10.2 Å². The largest absolute Gasteiger partial charge is 0.119 e. The lowest BCUT2D eigenvalue weighted by atomic mass is 10.0. The minimum Gasteiger partial charge on any atom is -0.119 e. The molecule has 0 fully saturated rings. The normalized spacial score (nSPS) is 30.0. The molecular formula is C14H18S. The molecule has 0 spiro atoms. The average Bonchev–Trinajstić information content (AvgIpc) is 2.25. The first-order chi connectivity index (χ1) is 7.24. The zero-order valence-corrected chi connectivity index (χ0v) is 10.3. The van der Waals surface area contributed by atoms with Gasteiger partial charge in [-0.15, -0.1) is 11.8 Å². The predicted octanol–water partition coefficient (Wildman–Crippen LogP) is 4.47. The van der Waals surface area contributed by atoms with Gasteiger partial charge in [0.2, 0.25) is 0 Å². The topological polar surface area (TPSA) is 0 Å². The molecule has 80 valence electrons. The van der Waals surface area contributed by atoms with Crippen LogP contribution in [0.15, 0.2) is 46.9 Å². The molecule has 2 unspecified atom stereocenters. The van der Waals surface area contributed by atoms with Gasteiger partial charge in [0.05, 0.1) is 0 Å². The Balaban J connectivity index is 1.89. The molecule has 0 aromatic carbocycles. The minimum absolute atomic E-state index is 0.637. The van der Waals surface area contributed by atoms with Crippen LogP contribution in [0.5, 0.6) is 0 Å². The zero-order valence-electron chi connectivity index (χ0n) is 9.44. The molecule has 2 rings (SSSR count). The van der Waals surface area contributed by atoms with Gasteiger partial charge < -0.3 is 0 Å². The molecule has 2 atom stereocenters. The molecule has 0 N–H and O–H groups in total. The standard InChI is InChI=1S/C14H18S/c1-11-3-7-13(8-4-11)15-14-9-5-12(2)6-10-14/h3-5,7,9-10,12-13H,6,8H2,1-2H3. The van der Waals surface area contributed by atoms with E-state index in [-0.39, 0.29) is 0 Å². The van der Waals surface area contributed by atoms with Crippen molar-refractivity contribution in [2.45, 2.75) is 31.9 Å². The van der Waals surface area contributed by atoms with Crippen LogP contribution in [0.4, 0.5) is 0 Å². The van der Waals surface area contributed by atoms with Crippen molar-refractivity contribution < 1.29 is 0 Å². The van der Waals surface area contributed by atoms with E-state index in [9.17, 15) is 0 Å². The first-order valence-electron chi connectivity index (χ1n) is 5.64. The summed E-state index contributed by atoms with van der Waals surface area (Å²) in [4.78, 5) is 1.44. The van der Waals surface area contributed by atoms with Crippen molar-refractivity contribution in [3.05, 3.63) is 46.9 Å². The highest BCUT2D eigenvalue weighted by Crippen LogP contribution is 2.32. The van der Waals surface area contributed by atoms with Gasteiger partial charge in [-0.25, -0.2) is 0 Å². The van der Waals surface area contributed by atoms with E-state index in [0.717, 1.165) is 5.92 Å². The number of hydrogen-bond acceptors (Lipinski definition) is 1. The first kappa shape index (κ1) is 10.8. The van der Waals surface area contributed by atoms with Crippen molar-refractivity contribution in [3.63, 3.8) is 0 Å². The van der Waals surface area contributed by atoms with Gasteiger partial charge in [-0.1, -0.05) is 49.0 Å². The Morgan fingerprint density at radius 3 is 2.60 bits per heavy atom. The van der Waals surface area contributed by atoms with Crippen molar-refractivity contribution in [2.24, 2.45) is 5.92 Å². The fourth-order valence-electron chi connectivity index (χ4n) is 1.77. The van der Waals surface area contributed by atoms with Crippen LogP contribution in [0.3, 0.4) is 0 Å². The Kier molecular flexibility index (Phi) is 3.53. The second kappa shape index (κ2) is 4.89. The van der Waals surface area contributed by atoms with Crippen LogP contribution in [0.25, 0.3) is 0 Å². The number of hydrogen-bond donors (Lipinski definition) is 0. The molecule has 0 saturated carbocycles. The summed E-state index contributed by atoms with van der Waals surface area (Å²) in [6.45, 7) is 4.43. The molecule has 0 heterocycles. The zero-order chi connectivity index (χ0) is 10.7. The highest BCUT2D eigenvalue weighted by molar-refractivity contribution is 8.04. The first-order valence-corrected chi connectivity index (χ1v) is 6.52. The van der Waals surface area contributed by atoms with E-state index in [0.29, 0.717) is 5.25 Å². The van der Waals surface area contributed by atoms with E-state index in [4.69, 9.17) is 0 Å². The van der Waals surface area contributed by atoms with E-state index in [2.05, 4.69) is 50.3 Å². The van der Waals surface area contributed by atoms with Gasteiger partial charge in [0.15, 0.2) is 0 Å². The molecule has 0 aliphatic heterocycles. The van der Waals surface area contributed by atoms with Crippen molar-refractivity contribution >= 4 is 11.8 Å². The molecule has 0 bridgehead atoms. The van der Waals surface area contributed by atoms with Gasteiger partial charge in [-0.3, -0.25) is 0 Å². The van der Waals surface area contributed by atoms with Gasteiger partial charge in [-0.05, 0) is 25.7 Å². The van der Waals surface area contributed by atoms with Crippen LogP contribution >= 0.6 is 11.8 Å². The molecule has 0 aromatic rings. The lowest BCUT2D eigenvalue weighted by Gasteiger charge is -2.17. The lowest BCUT2D eigenvalue weighted by Crippen LogP contribution is -2.02. The third-order valence-corrected chi connectivity index (χ3v) is 4.04. The summed E-state index contributed by atoms with van der Waals surface area (Å²) in [6, 6.07) is 0. The number of thioether (sulfide) groups is 1. The van der Waals surface area contributed by atoms with Gasteiger partial charge in [0.1, 0.15) is 0 Å². The van der Waals surface area contributed by atoms with Crippen molar-refractivity contribution in [1.82, 2.24) is 0 Å². The highest BCUT2D eigenvalue weighted by atomic mass is 32.2. The Bertz CT molecular complexity index is 344. The van der Waals surface area contributed by atoms with Crippen LogP contribution in [0.1, 0.15) is 26.7 Å². The minimum atomic E-state index is 0.637. The molecule has 0 saturated heterocycles. The van der Waals surface area contributed by atoms with Crippen LogP contribution in [-0.4, -0.2) is 5.25 Å². The molecule has 2 aliphatic carbocycles. The van der Waals surface area contributed by atoms with Crippen LogP contribution in [0.2, 0.25) is 0 Å². The quantitative estimate of drug-likeness (QED) is 0.658. The maximum atomic E-state index is 2.37. The molecular weight excluding hydrogens is 200 g/mol. The van der Waals surface area contributed by atoms with Gasteiger partial charge >= 0.3 is 0 Å². The molecule has 1 heteroatoms. The SMILES string of the molecule is CC1=CCC(SC2=CCC(C)C=C2)C=C1. The lowest BCUT2D eigenvalue weighted by molar-refractivity contribution is 0.735. The van der Waals surface area contributed by atoms with Crippen LogP contribution < -0.4 is 0 Å². The third kappa shape index (κ3) is 3.13. The highest BCUT2D eigenvalue weighted by Gasteiger charge is 2.11. The summed E-state index contributed by atoms with van der Waals surface area (Å²) in [5.41, 5.74) is 1.40. The Morgan fingerprint density at radius 1 is 1.13 bits per heavy atom. The van der Waals surface area contributed by atoms with Crippen LogP contribution in [-0.2, 0) is 0 Å². The van der Waals surface area contributed by atoms with Crippen LogP contribution in [0, 0.1) is 5.92 Å². The van der Waals surface area contributed by atoms with E-state index in [1.54, 1.807) is 0 Å². The average molecular weight is 218 g/mol. The second-order valence-corrected chi connectivity index (χ2v) is 5.69. The fourth-order valence-corrected chi connectivity index (χ4v) is 2.81. The molecule has 0 nitrogen and oxygen atoms in total. The molecule has 2 aliphatic rings. The summed E-state index contributed by atoms with van der Waals surface area (Å²) in [7, 11) is 0. The van der Waals surface area contributed by atoms with Crippen molar-refractivity contribution in [2.75, 3.05) is 0 Å². The Labute approximate surface area is 96.8 Å².